The van der Waals surface area contributed by atoms with Crippen LogP contribution in [0.2, 0.25) is 0 Å². The lowest BCUT2D eigenvalue weighted by molar-refractivity contribution is -0.121. The summed E-state index contributed by atoms with van der Waals surface area (Å²) < 4.78 is 0. The molecule has 1 rings (SSSR count). The number of carbonyl (C=O) groups is 2. The Bertz CT molecular complexity index is 521. The zero-order valence-electron chi connectivity index (χ0n) is 13.1. The van der Waals surface area contributed by atoms with Crippen molar-refractivity contribution < 1.29 is 9.59 Å². The molecule has 0 spiro atoms. The van der Waals surface area contributed by atoms with Crippen LogP contribution in [0.5, 0.6) is 0 Å². The Morgan fingerprint density at radius 2 is 2.00 bits per heavy atom. The molecular formula is C13H23N5O2S. The molecule has 0 bridgehead atoms. The number of nitrogens with zero attached hydrogens (tertiary/aromatic N) is 2. The molecule has 0 aliphatic carbocycles. The van der Waals surface area contributed by atoms with Crippen LogP contribution in [-0.4, -0.2) is 47.4 Å². The van der Waals surface area contributed by atoms with Crippen LogP contribution in [0, 0.1) is 0 Å². The van der Waals surface area contributed by atoms with Gasteiger partial charge >= 0.3 is 0 Å². The molecule has 2 amide bonds. The van der Waals surface area contributed by atoms with Gasteiger partial charge in [0.2, 0.25) is 5.91 Å². The molecule has 0 aliphatic heterocycles. The van der Waals surface area contributed by atoms with E-state index in [0.29, 0.717) is 16.6 Å². The van der Waals surface area contributed by atoms with Gasteiger partial charge in [-0.2, -0.15) is 0 Å². The number of aromatic nitrogens is 1. The molecule has 0 aromatic carbocycles. The zero-order valence-corrected chi connectivity index (χ0v) is 13.9. The maximum atomic E-state index is 12.3. The fourth-order valence-electron chi connectivity index (χ4n) is 1.57. The van der Waals surface area contributed by atoms with Crippen molar-refractivity contribution in [2.24, 2.45) is 0 Å². The van der Waals surface area contributed by atoms with Crippen molar-refractivity contribution in [3.05, 3.63) is 4.88 Å². The van der Waals surface area contributed by atoms with E-state index >= 15 is 0 Å². The SMILES string of the molecule is CCNC(=O)CN(C)C(=O)c1sc(NC(C)(C)C)nc1N. The Hall–Kier alpha value is -1.83. The van der Waals surface area contributed by atoms with Crippen molar-refractivity contribution in [1.29, 1.82) is 0 Å². The van der Waals surface area contributed by atoms with Crippen molar-refractivity contribution in [1.82, 2.24) is 15.2 Å². The molecule has 21 heavy (non-hydrogen) atoms. The summed E-state index contributed by atoms with van der Waals surface area (Å²) in [6, 6.07) is 0. The average Bonchev–Trinajstić information content (AvgIpc) is 2.66. The number of hydrogen-bond donors (Lipinski definition) is 3. The first kappa shape index (κ1) is 17.2. The molecule has 1 aromatic rings. The van der Waals surface area contributed by atoms with E-state index in [4.69, 9.17) is 5.73 Å². The van der Waals surface area contributed by atoms with Crippen LogP contribution < -0.4 is 16.4 Å². The maximum Gasteiger partial charge on any atom is 0.268 e. The lowest BCUT2D eigenvalue weighted by Crippen LogP contribution is -2.38. The number of nitrogens with two attached hydrogens (primary N) is 1. The van der Waals surface area contributed by atoms with Gasteiger partial charge in [-0.3, -0.25) is 9.59 Å². The number of nitrogen functional groups attached to an aromatic ring is 1. The van der Waals surface area contributed by atoms with Gasteiger partial charge in [-0.25, -0.2) is 4.98 Å². The van der Waals surface area contributed by atoms with E-state index < -0.39 is 0 Å². The number of hydrogen-bond acceptors (Lipinski definition) is 6. The second-order valence-corrected chi connectivity index (χ2v) is 6.72. The van der Waals surface area contributed by atoms with Crippen LogP contribution in [0.4, 0.5) is 10.9 Å². The van der Waals surface area contributed by atoms with Gasteiger partial charge < -0.3 is 21.3 Å². The maximum absolute atomic E-state index is 12.3. The van der Waals surface area contributed by atoms with E-state index in [-0.39, 0.29) is 29.7 Å². The number of carbonyl (C=O) groups excluding carboxylic acids is 2. The first-order valence-electron chi connectivity index (χ1n) is 6.70. The fraction of sp³-hybridized carbons (Fsp3) is 0.615. The first-order chi connectivity index (χ1) is 9.64. The number of likely N-dealkylation sites (N-methyl/N-ethyl adjacent to an activating group) is 2. The summed E-state index contributed by atoms with van der Waals surface area (Å²) in [7, 11) is 1.56. The first-order valence-corrected chi connectivity index (χ1v) is 7.52. The molecule has 0 fully saturated rings. The molecular weight excluding hydrogens is 290 g/mol. The molecule has 0 aliphatic rings. The average molecular weight is 313 g/mol. The van der Waals surface area contributed by atoms with Gasteiger partial charge in [-0.1, -0.05) is 11.3 Å². The largest absolute Gasteiger partial charge is 0.382 e. The Balaban J connectivity index is 2.80. The van der Waals surface area contributed by atoms with E-state index in [1.807, 2.05) is 27.7 Å². The normalized spacial score (nSPS) is 11.1. The predicted molar refractivity (Wildman–Crippen MR) is 85.5 cm³/mol. The van der Waals surface area contributed by atoms with Crippen molar-refractivity contribution in [3.63, 3.8) is 0 Å². The van der Waals surface area contributed by atoms with Gasteiger partial charge in [0.25, 0.3) is 5.91 Å². The topological polar surface area (TPSA) is 100 Å². The third kappa shape index (κ3) is 5.22. The van der Waals surface area contributed by atoms with Gasteiger partial charge in [0.1, 0.15) is 10.7 Å². The minimum Gasteiger partial charge on any atom is -0.382 e. The van der Waals surface area contributed by atoms with E-state index in [2.05, 4.69) is 15.6 Å². The number of amides is 2. The molecule has 8 heteroatoms. The Morgan fingerprint density at radius 1 is 1.38 bits per heavy atom. The summed E-state index contributed by atoms with van der Waals surface area (Å²) in [6.45, 7) is 8.33. The van der Waals surface area contributed by atoms with Crippen LogP contribution in [0.15, 0.2) is 0 Å². The van der Waals surface area contributed by atoms with Gasteiger partial charge in [0.15, 0.2) is 5.13 Å². The van der Waals surface area contributed by atoms with Crippen molar-refractivity contribution in [3.8, 4) is 0 Å². The smallest absolute Gasteiger partial charge is 0.268 e. The third-order valence-electron chi connectivity index (χ3n) is 2.43. The quantitative estimate of drug-likeness (QED) is 0.757. The highest BCUT2D eigenvalue weighted by Gasteiger charge is 2.22. The lowest BCUT2D eigenvalue weighted by atomic mass is 10.1. The van der Waals surface area contributed by atoms with Crippen molar-refractivity contribution in [2.45, 2.75) is 33.2 Å². The minimum atomic E-state index is -0.307. The Kier molecular flexibility index (Phi) is 5.54. The predicted octanol–water partition coefficient (Wildman–Crippen LogP) is 1.14. The molecule has 0 radical (unpaired) electrons. The fourth-order valence-corrected chi connectivity index (χ4v) is 2.66. The molecule has 1 aromatic heterocycles. The number of nitrogens with one attached hydrogen (secondary N) is 2. The van der Waals surface area contributed by atoms with E-state index in [9.17, 15) is 9.59 Å². The summed E-state index contributed by atoms with van der Waals surface area (Å²) >= 11 is 1.19. The molecule has 0 saturated heterocycles. The molecule has 0 atom stereocenters. The molecule has 0 saturated carbocycles. The van der Waals surface area contributed by atoms with E-state index in [0.717, 1.165) is 0 Å². The number of rotatable bonds is 5. The summed E-state index contributed by atoms with van der Waals surface area (Å²) in [5.41, 5.74) is 5.63. The summed E-state index contributed by atoms with van der Waals surface area (Å²) in [5.74, 6) is -0.331. The van der Waals surface area contributed by atoms with Crippen LogP contribution in [0.25, 0.3) is 0 Å². The zero-order chi connectivity index (χ0) is 16.2. The van der Waals surface area contributed by atoms with E-state index in [1.165, 1.54) is 16.2 Å². The van der Waals surface area contributed by atoms with Crippen LogP contribution in [0.3, 0.4) is 0 Å². The summed E-state index contributed by atoms with van der Waals surface area (Å²) in [6.07, 6.45) is 0. The molecule has 118 valence electrons. The number of anilines is 2. The summed E-state index contributed by atoms with van der Waals surface area (Å²) in [4.78, 5) is 29.6. The molecule has 1 heterocycles. The highest BCUT2D eigenvalue weighted by molar-refractivity contribution is 7.18. The number of thiazole rings is 1. The Morgan fingerprint density at radius 3 is 2.52 bits per heavy atom. The standard InChI is InChI=1S/C13H23N5O2S/c1-6-15-8(19)7-18(5)11(20)9-10(14)16-12(21-9)17-13(2,3)4/h6-7,14H2,1-5H3,(H,15,19)(H,16,17). The molecule has 7 nitrogen and oxygen atoms in total. The lowest BCUT2D eigenvalue weighted by Gasteiger charge is -2.19. The van der Waals surface area contributed by atoms with Gasteiger partial charge in [0.05, 0.1) is 6.54 Å². The highest BCUT2D eigenvalue weighted by atomic mass is 32.1. The summed E-state index contributed by atoms with van der Waals surface area (Å²) in [5, 5.41) is 6.41. The molecule has 4 N–H and O–H groups in total. The van der Waals surface area contributed by atoms with Crippen LogP contribution in [-0.2, 0) is 4.79 Å². The minimum absolute atomic E-state index is 0.00789. The van der Waals surface area contributed by atoms with Crippen molar-refractivity contribution >= 4 is 34.1 Å². The van der Waals surface area contributed by atoms with Crippen LogP contribution >= 0.6 is 11.3 Å². The van der Waals surface area contributed by atoms with Gasteiger partial charge in [-0.15, -0.1) is 0 Å². The molecule has 0 unspecified atom stereocenters. The van der Waals surface area contributed by atoms with Crippen LogP contribution in [0.1, 0.15) is 37.4 Å². The highest BCUT2D eigenvalue weighted by Crippen LogP contribution is 2.28. The van der Waals surface area contributed by atoms with Crippen molar-refractivity contribution in [2.75, 3.05) is 31.2 Å². The second-order valence-electron chi connectivity index (χ2n) is 5.72. The monoisotopic (exact) mass is 313 g/mol. The van der Waals surface area contributed by atoms with Gasteiger partial charge in [-0.05, 0) is 27.7 Å². The Labute approximate surface area is 128 Å². The van der Waals surface area contributed by atoms with E-state index in [1.54, 1.807) is 7.05 Å². The third-order valence-corrected chi connectivity index (χ3v) is 3.41. The second kappa shape index (κ2) is 6.75. The van der Waals surface area contributed by atoms with Gasteiger partial charge in [0, 0.05) is 19.1 Å².